The standard InChI is InChI=1S/C14H20N4S2.HI/c1-4-11-7-16-13(20-11)9-18-14(15-3)17-8-12-10(2)5-6-19-12;/h5-7H,4,8-9H2,1-3H3,(H2,15,17,18);1H. The fourth-order valence-corrected chi connectivity index (χ4v) is 3.37. The average Bonchev–Trinajstić information content (AvgIpc) is 3.08. The van der Waals surface area contributed by atoms with Crippen molar-refractivity contribution in [1.82, 2.24) is 15.6 Å². The van der Waals surface area contributed by atoms with Crippen molar-refractivity contribution >= 4 is 52.6 Å². The van der Waals surface area contributed by atoms with Crippen LogP contribution in [0.1, 0.15) is 27.2 Å². The molecule has 0 bridgehead atoms. The Hall–Kier alpha value is -0.670. The first kappa shape index (κ1) is 18.4. The van der Waals surface area contributed by atoms with Gasteiger partial charge < -0.3 is 10.6 Å². The average molecular weight is 436 g/mol. The van der Waals surface area contributed by atoms with E-state index in [-0.39, 0.29) is 24.0 Å². The molecule has 0 aromatic carbocycles. The van der Waals surface area contributed by atoms with Crippen molar-refractivity contribution in [3.05, 3.63) is 38.0 Å². The summed E-state index contributed by atoms with van der Waals surface area (Å²) in [5, 5.41) is 9.84. The Kier molecular flexibility index (Phi) is 8.20. The first-order chi connectivity index (χ1) is 9.72. The highest BCUT2D eigenvalue weighted by molar-refractivity contribution is 14.0. The van der Waals surface area contributed by atoms with Crippen LogP contribution < -0.4 is 10.6 Å². The van der Waals surface area contributed by atoms with Gasteiger partial charge in [0.15, 0.2) is 5.96 Å². The zero-order valence-corrected chi connectivity index (χ0v) is 16.4. The third-order valence-corrected chi connectivity index (χ3v) is 5.13. The summed E-state index contributed by atoms with van der Waals surface area (Å²) < 4.78 is 0. The Labute approximate surface area is 151 Å². The Morgan fingerprint density at radius 2 is 2.10 bits per heavy atom. The second-order valence-electron chi connectivity index (χ2n) is 4.38. The van der Waals surface area contributed by atoms with Crippen LogP contribution in [-0.4, -0.2) is 18.0 Å². The van der Waals surface area contributed by atoms with Gasteiger partial charge in [-0.15, -0.1) is 46.7 Å². The molecule has 0 fully saturated rings. The number of nitrogens with one attached hydrogen (secondary N) is 2. The smallest absolute Gasteiger partial charge is 0.191 e. The molecule has 2 N–H and O–H groups in total. The number of guanidine groups is 1. The summed E-state index contributed by atoms with van der Waals surface area (Å²) in [5.41, 5.74) is 1.32. The van der Waals surface area contributed by atoms with Crippen LogP contribution in [0, 0.1) is 6.92 Å². The Balaban J connectivity index is 0.00000220. The number of nitrogens with zero attached hydrogens (tertiary/aromatic N) is 2. The molecule has 0 saturated heterocycles. The zero-order chi connectivity index (χ0) is 14.4. The Bertz CT molecular complexity index is 577. The first-order valence-corrected chi connectivity index (χ1v) is 8.33. The third-order valence-electron chi connectivity index (χ3n) is 2.97. The van der Waals surface area contributed by atoms with Crippen LogP contribution in [0.2, 0.25) is 0 Å². The molecule has 2 aromatic heterocycles. The minimum absolute atomic E-state index is 0. The molecule has 4 nitrogen and oxygen atoms in total. The van der Waals surface area contributed by atoms with Crippen molar-refractivity contribution < 1.29 is 0 Å². The monoisotopic (exact) mass is 436 g/mol. The predicted molar refractivity (Wildman–Crippen MR) is 103 cm³/mol. The molecular weight excluding hydrogens is 415 g/mol. The van der Waals surface area contributed by atoms with Gasteiger partial charge in [-0.25, -0.2) is 4.98 Å². The minimum atomic E-state index is 0. The SMILES string of the molecule is CCc1cnc(CNC(=NC)NCc2sccc2C)s1.I. The summed E-state index contributed by atoms with van der Waals surface area (Å²) in [5.74, 6) is 0.811. The maximum Gasteiger partial charge on any atom is 0.191 e. The molecule has 7 heteroatoms. The highest BCUT2D eigenvalue weighted by Gasteiger charge is 2.04. The number of hydrogen-bond donors (Lipinski definition) is 2. The lowest BCUT2D eigenvalue weighted by Gasteiger charge is -2.10. The fourth-order valence-electron chi connectivity index (χ4n) is 1.72. The van der Waals surface area contributed by atoms with Gasteiger partial charge in [-0.3, -0.25) is 4.99 Å². The molecule has 2 aromatic rings. The van der Waals surface area contributed by atoms with Crippen LogP contribution in [-0.2, 0) is 19.5 Å². The van der Waals surface area contributed by atoms with Gasteiger partial charge in [-0.1, -0.05) is 6.92 Å². The molecule has 0 radical (unpaired) electrons. The minimum Gasteiger partial charge on any atom is -0.352 e. The van der Waals surface area contributed by atoms with E-state index in [1.54, 1.807) is 29.7 Å². The quantitative estimate of drug-likeness (QED) is 0.428. The van der Waals surface area contributed by atoms with E-state index in [9.17, 15) is 0 Å². The number of aryl methyl sites for hydroxylation is 2. The molecule has 0 atom stereocenters. The summed E-state index contributed by atoms with van der Waals surface area (Å²) in [6, 6.07) is 2.14. The third kappa shape index (κ3) is 5.55. The normalized spacial score (nSPS) is 11.1. The first-order valence-electron chi connectivity index (χ1n) is 6.64. The number of thiophene rings is 1. The van der Waals surface area contributed by atoms with Crippen LogP contribution in [0.4, 0.5) is 0 Å². The van der Waals surface area contributed by atoms with Gasteiger partial charge >= 0.3 is 0 Å². The lowest BCUT2D eigenvalue weighted by molar-refractivity contribution is 0.809. The molecule has 0 aliphatic carbocycles. The van der Waals surface area contributed by atoms with Crippen LogP contribution >= 0.6 is 46.7 Å². The molecule has 0 unspecified atom stereocenters. The molecular formula is C14H21IN4S2. The van der Waals surface area contributed by atoms with Gasteiger partial charge in [0.2, 0.25) is 0 Å². The van der Waals surface area contributed by atoms with Crippen LogP contribution in [0.25, 0.3) is 0 Å². The topological polar surface area (TPSA) is 49.3 Å². The number of aromatic nitrogens is 1. The van der Waals surface area contributed by atoms with Crippen LogP contribution in [0.3, 0.4) is 0 Å². The molecule has 0 amide bonds. The van der Waals surface area contributed by atoms with Gasteiger partial charge in [0.05, 0.1) is 13.1 Å². The Morgan fingerprint density at radius 1 is 1.33 bits per heavy atom. The number of hydrogen-bond acceptors (Lipinski definition) is 4. The predicted octanol–water partition coefficient (Wildman–Crippen LogP) is 3.56. The number of aliphatic imine (C=N–C) groups is 1. The van der Waals surface area contributed by atoms with Gasteiger partial charge in [-0.2, -0.15) is 0 Å². The number of halogens is 1. The van der Waals surface area contributed by atoms with Crippen LogP contribution in [0.15, 0.2) is 22.6 Å². The van der Waals surface area contributed by atoms with Crippen molar-refractivity contribution in [3.63, 3.8) is 0 Å². The summed E-state index contributed by atoms with van der Waals surface area (Å²) in [6.45, 7) is 5.80. The van der Waals surface area contributed by atoms with E-state index in [0.717, 1.165) is 23.9 Å². The zero-order valence-electron chi connectivity index (χ0n) is 12.5. The molecule has 0 aliphatic rings. The molecule has 0 saturated carbocycles. The summed E-state index contributed by atoms with van der Waals surface area (Å²) >= 11 is 3.52. The maximum absolute atomic E-state index is 4.39. The van der Waals surface area contributed by atoms with E-state index in [1.807, 2.05) is 6.20 Å². The lowest BCUT2D eigenvalue weighted by Crippen LogP contribution is -2.36. The van der Waals surface area contributed by atoms with Crippen molar-refractivity contribution in [1.29, 1.82) is 0 Å². The van der Waals surface area contributed by atoms with Crippen molar-refractivity contribution in [2.75, 3.05) is 7.05 Å². The van der Waals surface area contributed by atoms with E-state index < -0.39 is 0 Å². The molecule has 21 heavy (non-hydrogen) atoms. The second kappa shape index (κ2) is 9.37. The molecule has 0 aliphatic heterocycles. The Morgan fingerprint density at radius 3 is 2.67 bits per heavy atom. The summed E-state index contributed by atoms with van der Waals surface area (Å²) in [4.78, 5) is 11.3. The van der Waals surface area contributed by atoms with Gasteiger partial charge in [0.25, 0.3) is 0 Å². The van der Waals surface area contributed by atoms with E-state index in [1.165, 1.54) is 15.3 Å². The van der Waals surface area contributed by atoms with E-state index in [2.05, 4.69) is 45.9 Å². The summed E-state index contributed by atoms with van der Waals surface area (Å²) in [7, 11) is 1.79. The van der Waals surface area contributed by atoms with Crippen LogP contribution in [0.5, 0.6) is 0 Å². The number of rotatable bonds is 5. The fraction of sp³-hybridized carbons (Fsp3) is 0.429. The van der Waals surface area contributed by atoms with Crippen molar-refractivity contribution in [3.8, 4) is 0 Å². The van der Waals surface area contributed by atoms with E-state index in [0.29, 0.717) is 6.54 Å². The van der Waals surface area contributed by atoms with Crippen molar-refractivity contribution in [2.45, 2.75) is 33.4 Å². The molecule has 116 valence electrons. The van der Waals surface area contributed by atoms with Crippen molar-refractivity contribution in [2.24, 2.45) is 4.99 Å². The van der Waals surface area contributed by atoms with Gasteiger partial charge in [-0.05, 0) is 30.4 Å². The van der Waals surface area contributed by atoms with E-state index in [4.69, 9.17) is 0 Å². The largest absolute Gasteiger partial charge is 0.352 e. The van der Waals surface area contributed by atoms with Gasteiger partial charge in [0.1, 0.15) is 5.01 Å². The highest BCUT2D eigenvalue weighted by atomic mass is 127. The summed E-state index contributed by atoms with van der Waals surface area (Å²) in [6.07, 6.45) is 3.00. The highest BCUT2D eigenvalue weighted by Crippen LogP contribution is 2.15. The molecule has 2 rings (SSSR count). The van der Waals surface area contributed by atoms with E-state index >= 15 is 0 Å². The maximum atomic E-state index is 4.39. The molecule has 0 spiro atoms. The van der Waals surface area contributed by atoms with Gasteiger partial charge in [0, 0.05) is 23.0 Å². The number of thiazole rings is 1. The lowest BCUT2D eigenvalue weighted by atomic mass is 10.3. The second-order valence-corrected chi connectivity index (χ2v) is 6.58. The molecule has 2 heterocycles.